The highest BCUT2D eigenvalue weighted by Crippen LogP contribution is 2.23. The van der Waals surface area contributed by atoms with E-state index in [1.54, 1.807) is 0 Å². The SMILES string of the molecule is CCN(CC)Cc1c(N)cccc1Cl. The predicted molar refractivity (Wildman–Crippen MR) is 62.5 cm³/mol. The molecule has 0 unspecified atom stereocenters. The Morgan fingerprint density at radius 3 is 2.43 bits per heavy atom. The van der Waals surface area contributed by atoms with E-state index in [2.05, 4.69) is 18.7 Å². The van der Waals surface area contributed by atoms with Gasteiger partial charge in [0.15, 0.2) is 0 Å². The fourth-order valence-electron chi connectivity index (χ4n) is 1.41. The minimum atomic E-state index is 0.761. The van der Waals surface area contributed by atoms with Crippen LogP contribution in [-0.2, 0) is 6.54 Å². The highest BCUT2D eigenvalue weighted by Gasteiger charge is 2.07. The molecule has 14 heavy (non-hydrogen) atoms. The van der Waals surface area contributed by atoms with E-state index in [0.717, 1.165) is 35.9 Å². The molecule has 78 valence electrons. The van der Waals surface area contributed by atoms with Gasteiger partial charge in [0.05, 0.1) is 0 Å². The Morgan fingerprint density at radius 2 is 1.93 bits per heavy atom. The van der Waals surface area contributed by atoms with Crippen molar-refractivity contribution in [2.24, 2.45) is 0 Å². The van der Waals surface area contributed by atoms with Crippen LogP contribution in [0.5, 0.6) is 0 Å². The maximum absolute atomic E-state index is 6.08. The van der Waals surface area contributed by atoms with Crippen LogP contribution in [0.1, 0.15) is 19.4 Å². The third-order valence-electron chi connectivity index (χ3n) is 2.43. The number of hydrogen-bond acceptors (Lipinski definition) is 2. The molecule has 0 atom stereocenters. The van der Waals surface area contributed by atoms with E-state index in [0.29, 0.717) is 0 Å². The summed E-state index contributed by atoms with van der Waals surface area (Å²) in [5, 5.41) is 0.761. The van der Waals surface area contributed by atoms with E-state index >= 15 is 0 Å². The maximum Gasteiger partial charge on any atom is 0.0471 e. The minimum Gasteiger partial charge on any atom is -0.398 e. The highest BCUT2D eigenvalue weighted by atomic mass is 35.5. The van der Waals surface area contributed by atoms with Crippen molar-refractivity contribution < 1.29 is 0 Å². The van der Waals surface area contributed by atoms with Crippen molar-refractivity contribution in [1.29, 1.82) is 0 Å². The predicted octanol–water partition coefficient (Wildman–Crippen LogP) is 2.76. The van der Waals surface area contributed by atoms with Crippen molar-refractivity contribution >= 4 is 17.3 Å². The lowest BCUT2D eigenvalue weighted by Crippen LogP contribution is -2.22. The van der Waals surface area contributed by atoms with Crippen molar-refractivity contribution in [3.63, 3.8) is 0 Å². The van der Waals surface area contributed by atoms with Gasteiger partial charge in [-0.1, -0.05) is 31.5 Å². The molecule has 0 radical (unpaired) electrons. The van der Waals surface area contributed by atoms with Crippen LogP contribution in [0.3, 0.4) is 0 Å². The van der Waals surface area contributed by atoms with Crippen molar-refractivity contribution in [1.82, 2.24) is 4.90 Å². The molecule has 1 aromatic carbocycles. The molecule has 2 nitrogen and oxygen atoms in total. The first-order chi connectivity index (χ1) is 6.69. The Labute approximate surface area is 90.7 Å². The maximum atomic E-state index is 6.08. The highest BCUT2D eigenvalue weighted by molar-refractivity contribution is 6.31. The van der Waals surface area contributed by atoms with Gasteiger partial charge in [-0.15, -0.1) is 0 Å². The van der Waals surface area contributed by atoms with Crippen LogP contribution >= 0.6 is 11.6 Å². The molecular formula is C11H17ClN2. The Hall–Kier alpha value is -0.730. The Balaban J connectivity index is 2.84. The topological polar surface area (TPSA) is 29.3 Å². The van der Waals surface area contributed by atoms with Crippen LogP contribution in [0.25, 0.3) is 0 Å². The average Bonchev–Trinajstić information content (AvgIpc) is 2.18. The third kappa shape index (κ3) is 2.63. The summed E-state index contributed by atoms with van der Waals surface area (Å²) in [5.41, 5.74) is 7.69. The molecule has 0 spiro atoms. The van der Waals surface area contributed by atoms with E-state index in [-0.39, 0.29) is 0 Å². The zero-order chi connectivity index (χ0) is 10.6. The molecule has 0 amide bonds. The van der Waals surface area contributed by atoms with Crippen molar-refractivity contribution in [3.05, 3.63) is 28.8 Å². The Kier molecular flexibility index (Phi) is 4.23. The molecule has 0 aliphatic rings. The van der Waals surface area contributed by atoms with Gasteiger partial charge < -0.3 is 5.73 Å². The molecular weight excluding hydrogens is 196 g/mol. The second-order valence-corrected chi connectivity index (χ2v) is 3.68. The van der Waals surface area contributed by atoms with E-state index < -0.39 is 0 Å². The molecule has 0 saturated carbocycles. The summed E-state index contributed by atoms with van der Waals surface area (Å²) in [6, 6.07) is 5.66. The molecule has 1 aromatic rings. The van der Waals surface area contributed by atoms with Gasteiger partial charge >= 0.3 is 0 Å². The first-order valence-electron chi connectivity index (χ1n) is 4.94. The average molecular weight is 213 g/mol. The largest absolute Gasteiger partial charge is 0.398 e. The van der Waals surface area contributed by atoms with Crippen LogP contribution in [-0.4, -0.2) is 18.0 Å². The molecule has 0 saturated heterocycles. The van der Waals surface area contributed by atoms with E-state index in [4.69, 9.17) is 17.3 Å². The van der Waals surface area contributed by atoms with E-state index in [9.17, 15) is 0 Å². The lowest BCUT2D eigenvalue weighted by atomic mass is 10.1. The van der Waals surface area contributed by atoms with Crippen LogP contribution in [0.15, 0.2) is 18.2 Å². The van der Waals surface area contributed by atoms with Gasteiger partial charge in [0.2, 0.25) is 0 Å². The number of nitrogen functional groups attached to an aromatic ring is 1. The Morgan fingerprint density at radius 1 is 1.29 bits per heavy atom. The minimum absolute atomic E-state index is 0.761. The standard InChI is InChI=1S/C11H17ClN2/c1-3-14(4-2)8-9-10(12)6-5-7-11(9)13/h5-7H,3-4,8,13H2,1-2H3. The van der Waals surface area contributed by atoms with Crippen molar-refractivity contribution in [3.8, 4) is 0 Å². The van der Waals surface area contributed by atoms with Gasteiger partial charge in [0.1, 0.15) is 0 Å². The molecule has 2 N–H and O–H groups in total. The third-order valence-corrected chi connectivity index (χ3v) is 2.79. The lowest BCUT2D eigenvalue weighted by molar-refractivity contribution is 0.296. The zero-order valence-corrected chi connectivity index (χ0v) is 9.51. The molecule has 1 rings (SSSR count). The first kappa shape index (κ1) is 11.3. The summed E-state index contributed by atoms with van der Waals surface area (Å²) in [4.78, 5) is 2.29. The van der Waals surface area contributed by atoms with Gasteiger partial charge in [0, 0.05) is 22.8 Å². The van der Waals surface area contributed by atoms with Crippen LogP contribution < -0.4 is 5.73 Å². The fourth-order valence-corrected chi connectivity index (χ4v) is 1.65. The molecule has 3 heteroatoms. The first-order valence-corrected chi connectivity index (χ1v) is 5.32. The number of anilines is 1. The van der Waals surface area contributed by atoms with Gasteiger partial charge in [-0.05, 0) is 25.2 Å². The molecule has 0 fully saturated rings. The van der Waals surface area contributed by atoms with Crippen molar-refractivity contribution in [2.75, 3.05) is 18.8 Å². The van der Waals surface area contributed by atoms with Gasteiger partial charge in [-0.2, -0.15) is 0 Å². The van der Waals surface area contributed by atoms with E-state index in [1.807, 2.05) is 18.2 Å². The number of hydrogen-bond donors (Lipinski definition) is 1. The summed E-state index contributed by atoms with van der Waals surface area (Å²) in [6.07, 6.45) is 0. The second-order valence-electron chi connectivity index (χ2n) is 3.27. The zero-order valence-electron chi connectivity index (χ0n) is 8.76. The number of nitrogens with zero attached hydrogens (tertiary/aromatic N) is 1. The number of rotatable bonds is 4. The number of benzene rings is 1. The monoisotopic (exact) mass is 212 g/mol. The van der Waals surface area contributed by atoms with Gasteiger partial charge in [0.25, 0.3) is 0 Å². The van der Waals surface area contributed by atoms with Crippen molar-refractivity contribution in [2.45, 2.75) is 20.4 Å². The summed E-state index contributed by atoms with van der Waals surface area (Å²) in [5.74, 6) is 0. The number of halogens is 1. The van der Waals surface area contributed by atoms with Crippen LogP contribution in [0.2, 0.25) is 5.02 Å². The molecule has 0 heterocycles. The summed E-state index contributed by atoms with van der Waals surface area (Å²) < 4.78 is 0. The smallest absolute Gasteiger partial charge is 0.0471 e. The molecule has 0 aliphatic carbocycles. The normalized spacial score (nSPS) is 10.9. The fraction of sp³-hybridized carbons (Fsp3) is 0.455. The molecule has 0 aromatic heterocycles. The Bertz CT molecular complexity index is 275. The summed E-state index contributed by atoms with van der Waals surface area (Å²) >= 11 is 6.08. The summed E-state index contributed by atoms with van der Waals surface area (Å²) in [7, 11) is 0. The van der Waals surface area contributed by atoms with Gasteiger partial charge in [-0.3, -0.25) is 4.90 Å². The molecule has 0 bridgehead atoms. The van der Waals surface area contributed by atoms with E-state index in [1.165, 1.54) is 0 Å². The lowest BCUT2D eigenvalue weighted by Gasteiger charge is -2.19. The van der Waals surface area contributed by atoms with Gasteiger partial charge in [-0.25, -0.2) is 0 Å². The van der Waals surface area contributed by atoms with Crippen LogP contribution in [0, 0.1) is 0 Å². The number of nitrogens with two attached hydrogens (primary N) is 1. The summed E-state index contributed by atoms with van der Waals surface area (Å²) in [6.45, 7) is 7.13. The quantitative estimate of drug-likeness (QED) is 0.778. The second kappa shape index (κ2) is 5.23. The van der Waals surface area contributed by atoms with Crippen LogP contribution in [0.4, 0.5) is 5.69 Å². The molecule has 0 aliphatic heterocycles.